The molecule has 0 N–H and O–H groups in total. The molecule has 3 heteroatoms. The van der Waals surface area contributed by atoms with Crippen LogP contribution in [0.2, 0.25) is 5.02 Å². The SMILES string of the molecule is CCCc1sc2cccc(F)c2c1Cl. The topological polar surface area (TPSA) is 0 Å². The molecule has 0 amide bonds. The molecule has 74 valence electrons. The molecule has 1 aromatic carbocycles. The lowest BCUT2D eigenvalue weighted by atomic mass is 10.2. The molecule has 0 unspecified atom stereocenters. The number of hydrogen-bond acceptors (Lipinski definition) is 1. The third-order valence-corrected chi connectivity index (χ3v) is 3.89. The van der Waals surface area contributed by atoms with E-state index in [9.17, 15) is 4.39 Å². The van der Waals surface area contributed by atoms with Gasteiger partial charge in [0.15, 0.2) is 0 Å². The van der Waals surface area contributed by atoms with Crippen molar-refractivity contribution in [3.8, 4) is 0 Å². The second-order valence-corrected chi connectivity index (χ2v) is 4.72. The smallest absolute Gasteiger partial charge is 0.133 e. The Balaban J connectivity index is 2.68. The fourth-order valence-corrected chi connectivity index (χ4v) is 3.18. The van der Waals surface area contributed by atoms with Crippen LogP contribution in [-0.2, 0) is 6.42 Å². The van der Waals surface area contributed by atoms with E-state index in [0.717, 1.165) is 22.4 Å². The molecular formula is C11H10ClFS. The molecule has 0 saturated heterocycles. The van der Waals surface area contributed by atoms with Gasteiger partial charge in [-0.25, -0.2) is 4.39 Å². The van der Waals surface area contributed by atoms with E-state index in [1.165, 1.54) is 6.07 Å². The summed E-state index contributed by atoms with van der Waals surface area (Å²) in [6, 6.07) is 5.09. The molecule has 0 fully saturated rings. The molecule has 0 aliphatic carbocycles. The second-order valence-electron chi connectivity index (χ2n) is 3.20. The summed E-state index contributed by atoms with van der Waals surface area (Å²) in [5, 5.41) is 1.19. The van der Waals surface area contributed by atoms with E-state index in [2.05, 4.69) is 6.92 Å². The van der Waals surface area contributed by atoms with Crippen LogP contribution in [0.4, 0.5) is 4.39 Å². The lowest BCUT2D eigenvalue weighted by Crippen LogP contribution is -1.77. The fraction of sp³-hybridized carbons (Fsp3) is 0.273. The normalized spacial score (nSPS) is 11.1. The molecule has 0 atom stereocenters. The van der Waals surface area contributed by atoms with E-state index in [-0.39, 0.29) is 5.82 Å². The predicted molar refractivity (Wildman–Crippen MR) is 60.8 cm³/mol. The summed E-state index contributed by atoms with van der Waals surface area (Å²) >= 11 is 7.70. The monoisotopic (exact) mass is 228 g/mol. The first kappa shape index (κ1) is 9.94. The molecular weight excluding hydrogens is 219 g/mol. The maximum absolute atomic E-state index is 13.4. The van der Waals surface area contributed by atoms with Crippen molar-refractivity contribution in [2.75, 3.05) is 0 Å². The number of halogens is 2. The van der Waals surface area contributed by atoms with Gasteiger partial charge in [0.1, 0.15) is 5.82 Å². The van der Waals surface area contributed by atoms with Gasteiger partial charge in [-0.05, 0) is 18.6 Å². The number of hydrogen-bond donors (Lipinski definition) is 0. The number of aryl methyl sites for hydroxylation is 1. The van der Waals surface area contributed by atoms with Gasteiger partial charge in [-0.3, -0.25) is 0 Å². The van der Waals surface area contributed by atoms with Crippen LogP contribution in [0.3, 0.4) is 0 Å². The van der Waals surface area contributed by atoms with E-state index < -0.39 is 0 Å². The highest BCUT2D eigenvalue weighted by Gasteiger charge is 2.12. The molecule has 0 aliphatic rings. The summed E-state index contributed by atoms with van der Waals surface area (Å²) in [6.45, 7) is 2.09. The quantitative estimate of drug-likeness (QED) is 0.702. The van der Waals surface area contributed by atoms with Gasteiger partial charge in [0.05, 0.1) is 5.02 Å². The summed E-state index contributed by atoms with van der Waals surface area (Å²) in [7, 11) is 0. The lowest BCUT2D eigenvalue weighted by Gasteiger charge is -1.93. The molecule has 0 aliphatic heterocycles. The Bertz CT molecular complexity index is 462. The highest BCUT2D eigenvalue weighted by molar-refractivity contribution is 7.19. The van der Waals surface area contributed by atoms with Crippen LogP contribution >= 0.6 is 22.9 Å². The Hall–Kier alpha value is -0.600. The van der Waals surface area contributed by atoms with Gasteiger partial charge in [-0.15, -0.1) is 11.3 Å². The third kappa shape index (κ3) is 1.53. The van der Waals surface area contributed by atoms with Crippen molar-refractivity contribution in [1.82, 2.24) is 0 Å². The van der Waals surface area contributed by atoms with Crippen LogP contribution < -0.4 is 0 Å². The van der Waals surface area contributed by atoms with Crippen molar-refractivity contribution in [3.63, 3.8) is 0 Å². The van der Waals surface area contributed by atoms with E-state index in [0.29, 0.717) is 10.4 Å². The van der Waals surface area contributed by atoms with E-state index in [1.54, 1.807) is 17.4 Å². The first-order valence-electron chi connectivity index (χ1n) is 4.59. The summed E-state index contributed by atoms with van der Waals surface area (Å²) in [5.41, 5.74) is 0. The second kappa shape index (κ2) is 3.87. The highest BCUT2D eigenvalue weighted by Crippen LogP contribution is 2.37. The average molecular weight is 229 g/mol. The maximum atomic E-state index is 13.4. The van der Waals surface area contributed by atoms with Crippen molar-refractivity contribution in [2.24, 2.45) is 0 Å². The van der Waals surface area contributed by atoms with Crippen molar-refractivity contribution in [3.05, 3.63) is 33.9 Å². The van der Waals surface area contributed by atoms with Gasteiger partial charge in [0.25, 0.3) is 0 Å². The average Bonchev–Trinajstić information content (AvgIpc) is 2.46. The fourth-order valence-electron chi connectivity index (χ4n) is 1.51. The van der Waals surface area contributed by atoms with Gasteiger partial charge < -0.3 is 0 Å². The number of thiophene rings is 1. The highest BCUT2D eigenvalue weighted by atomic mass is 35.5. The van der Waals surface area contributed by atoms with Crippen LogP contribution in [0.15, 0.2) is 18.2 Å². The molecule has 2 aromatic rings. The van der Waals surface area contributed by atoms with E-state index in [1.807, 2.05) is 6.07 Å². The minimum Gasteiger partial charge on any atom is -0.206 e. The molecule has 0 radical (unpaired) electrons. The summed E-state index contributed by atoms with van der Waals surface area (Å²) in [4.78, 5) is 1.09. The van der Waals surface area contributed by atoms with Gasteiger partial charge in [0.2, 0.25) is 0 Å². The maximum Gasteiger partial charge on any atom is 0.133 e. The lowest BCUT2D eigenvalue weighted by molar-refractivity contribution is 0.640. The zero-order valence-electron chi connectivity index (χ0n) is 7.81. The van der Waals surface area contributed by atoms with Gasteiger partial charge in [-0.1, -0.05) is 31.0 Å². The first-order chi connectivity index (χ1) is 6.74. The van der Waals surface area contributed by atoms with E-state index >= 15 is 0 Å². The molecule has 0 nitrogen and oxygen atoms in total. The summed E-state index contributed by atoms with van der Waals surface area (Å²) in [5.74, 6) is -0.217. The van der Waals surface area contributed by atoms with Gasteiger partial charge in [-0.2, -0.15) is 0 Å². The summed E-state index contributed by atoms with van der Waals surface area (Å²) < 4.78 is 14.4. The number of rotatable bonds is 2. The zero-order valence-corrected chi connectivity index (χ0v) is 9.38. The van der Waals surface area contributed by atoms with Gasteiger partial charge in [0, 0.05) is 15.0 Å². The predicted octanol–water partition coefficient (Wildman–Crippen LogP) is 4.65. The van der Waals surface area contributed by atoms with Crippen molar-refractivity contribution < 1.29 is 4.39 Å². The Morgan fingerprint density at radius 1 is 1.43 bits per heavy atom. The van der Waals surface area contributed by atoms with Crippen LogP contribution in [0.25, 0.3) is 10.1 Å². The molecule has 0 saturated carbocycles. The first-order valence-corrected chi connectivity index (χ1v) is 5.79. The molecule has 14 heavy (non-hydrogen) atoms. The third-order valence-electron chi connectivity index (χ3n) is 2.15. The molecule has 2 rings (SSSR count). The molecule has 1 aromatic heterocycles. The van der Waals surface area contributed by atoms with Crippen molar-refractivity contribution in [1.29, 1.82) is 0 Å². The Morgan fingerprint density at radius 2 is 2.21 bits per heavy atom. The van der Waals surface area contributed by atoms with E-state index in [4.69, 9.17) is 11.6 Å². The minimum absolute atomic E-state index is 0.217. The largest absolute Gasteiger partial charge is 0.206 e. The molecule has 0 bridgehead atoms. The van der Waals surface area contributed by atoms with Gasteiger partial charge >= 0.3 is 0 Å². The van der Waals surface area contributed by atoms with Crippen molar-refractivity contribution >= 4 is 33.0 Å². The van der Waals surface area contributed by atoms with Crippen LogP contribution in [0, 0.1) is 5.82 Å². The zero-order chi connectivity index (χ0) is 10.1. The summed E-state index contributed by atoms with van der Waals surface area (Å²) in [6.07, 6.45) is 1.96. The minimum atomic E-state index is -0.217. The number of benzene rings is 1. The van der Waals surface area contributed by atoms with Crippen LogP contribution in [-0.4, -0.2) is 0 Å². The van der Waals surface area contributed by atoms with Crippen molar-refractivity contribution in [2.45, 2.75) is 19.8 Å². The Kier molecular flexibility index (Phi) is 2.75. The Morgan fingerprint density at radius 3 is 2.86 bits per heavy atom. The Labute approximate surface area is 91.3 Å². The standard InChI is InChI=1S/C11H10ClFS/c1-2-4-9-11(12)10-7(13)5-3-6-8(10)14-9/h3,5-6H,2,4H2,1H3. The van der Waals surface area contributed by atoms with Crippen LogP contribution in [0.1, 0.15) is 18.2 Å². The number of fused-ring (bicyclic) bond motifs is 1. The molecule has 1 heterocycles. The van der Waals surface area contributed by atoms with Crippen LogP contribution in [0.5, 0.6) is 0 Å². The molecule has 0 spiro atoms.